The van der Waals surface area contributed by atoms with Gasteiger partial charge in [-0.2, -0.15) is 0 Å². The minimum absolute atomic E-state index is 0.202. The topological polar surface area (TPSA) is 12.5 Å². The van der Waals surface area contributed by atoms with Crippen molar-refractivity contribution in [1.82, 2.24) is 4.90 Å². The summed E-state index contributed by atoms with van der Waals surface area (Å²) in [6, 6.07) is 32.7. The highest BCUT2D eigenvalue weighted by molar-refractivity contribution is 5.20. The summed E-state index contributed by atoms with van der Waals surface area (Å²) in [6.07, 6.45) is 2.19. The van der Waals surface area contributed by atoms with Crippen LogP contribution in [0, 0.1) is 0 Å². The number of ether oxygens (including phenoxy) is 1. The van der Waals surface area contributed by atoms with Gasteiger partial charge in [-0.3, -0.25) is 4.90 Å². The van der Waals surface area contributed by atoms with Crippen LogP contribution in [0.15, 0.2) is 91.0 Å². The van der Waals surface area contributed by atoms with E-state index in [9.17, 15) is 0 Å². The van der Waals surface area contributed by atoms with Gasteiger partial charge in [0.05, 0.1) is 6.10 Å². The van der Waals surface area contributed by atoms with Crippen LogP contribution in [0.1, 0.15) is 37.0 Å². The number of rotatable bonds is 11. The second-order valence-corrected chi connectivity index (χ2v) is 7.54. The van der Waals surface area contributed by atoms with Crippen molar-refractivity contribution in [2.24, 2.45) is 0 Å². The molecule has 0 fully saturated rings. The molecule has 152 valence electrons. The Morgan fingerprint density at radius 2 is 1.10 bits per heavy atom. The van der Waals surface area contributed by atoms with E-state index in [1.54, 1.807) is 0 Å². The van der Waals surface area contributed by atoms with Crippen LogP contribution in [0.4, 0.5) is 0 Å². The first-order chi connectivity index (χ1) is 14.3. The lowest BCUT2D eigenvalue weighted by Crippen LogP contribution is -2.45. The summed E-state index contributed by atoms with van der Waals surface area (Å²) in [6.45, 7) is 6.91. The first kappa shape index (κ1) is 21.3. The summed E-state index contributed by atoms with van der Waals surface area (Å²) in [5.74, 6) is 0. The fourth-order valence-corrected chi connectivity index (χ4v) is 3.99. The van der Waals surface area contributed by atoms with Crippen molar-refractivity contribution in [3.8, 4) is 0 Å². The van der Waals surface area contributed by atoms with Gasteiger partial charge in [0.25, 0.3) is 0 Å². The Balaban J connectivity index is 1.92. The summed E-state index contributed by atoms with van der Waals surface area (Å²) in [4.78, 5) is 2.60. The van der Waals surface area contributed by atoms with Crippen LogP contribution in [0.3, 0.4) is 0 Å². The molecular weight excluding hydrogens is 354 g/mol. The summed E-state index contributed by atoms with van der Waals surface area (Å²) in [5.41, 5.74) is 4.04. The van der Waals surface area contributed by atoms with Gasteiger partial charge >= 0.3 is 0 Å². The van der Waals surface area contributed by atoms with E-state index in [2.05, 4.69) is 110 Å². The molecule has 3 aromatic carbocycles. The van der Waals surface area contributed by atoms with Crippen LogP contribution in [-0.2, 0) is 24.2 Å². The fraction of sp³-hybridized carbons (Fsp3) is 0.333. The Morgan fingerprint density at radius 1 is 0.655 bits per heavy atom. The smallest absolute Gasteiger partial charge is 0.0730 e. The minimum atomic E-state index is 0.202. The van der Waals surface area contributed by atoms with Gasteiger partial charge in [-0.25, -0.2) is 0 Å². The van der Waals surface area contributed by atoms with Crippen molar-refractivity contribution in [2.75, 3.05) is 6.61 Å². The second-order valence-electron chi connectivity index (χ2n) is 7.54. The maximum atomic E-state index is 6.24. The molecule has 2 heteroatoms. The lowest BCUT2D eigenvalue weighted by atomic mass is 9.96. The van der Waals surface area contributed by atoms with Crippen LogP contribution >= 0.6 is 0 Å². The first-order valence-electron chi connectivity index (χ1n) is 10.8. The molecule has 0 aliphatic carbocycles. The van der Waals surface area contributed by atoms with Gasteiger partial charge in [0.1, 0.15) is 0 Å². The quantitative estimate of drug-likeness (QED) is 0.393. The Kier molecular flexibility index (Phi) is 8.48. The number of benzene rings is 3. The van der Waals surface area contributed by atoms with E-state index in [1.165, 1.54) is 16.7 Å². The normalized spacial score (nSPS) is 13.3. The summed E-state index contributed by atoms with van der Waals surface area (Å²) in [7, 11) is 0. The van der Waals surface area contributed by atoms with Gasteiger partial charge in [-0.15, -0.1) is 0 Å². The van der Waals surface area contributed by atoms with E-state index < -0.39 is 0 Å². The van der Waals surface area contributed by atoms with Gasteiger partial charge in [0.2, 0.25) is 0 Å². The van der Waals surface area contributed by atoms with Crippen LogP contribution in [0.5, 0.6) is 0 Å². The molecule has 0 aromatic heterocycles. The largest absolute Gasteiger partial charge is 0.377 e. The molecular formula is C27H33NO. The zero-order valence-corrected chi connectivity index (χ0v) is 17.7. The third kappa shape index (κ3) is 6.56. The van der Waals surface area contributed by atoms with E-state index in [4.69, 9.17) is 4.74 Å². The lowest BCUT2D eigenvalue weighted by molar-refractivity contribution is -0.0173. The standard InChI is InChI=1S/C27H33NO/c1-3-27(29-4-2)26(20-23-14-8-5-9-15-23)28(21-24-16-10-6-11-17-24)22-25-18-12-7-13-19-25/h5-19,26-27H,3-4,20-22H2,1-2H3/t26-,27+/m0/s1. The highest BCUT2D eigenvalue weighted by atomic mass is 16.5. The average Bonchev–Trinajstić information content (AvgIpc) is 2.78. The molecule has 0 spiro atoms. The summed E-state index contributed by atoms with van der Waals surface area (Å²) < 4.78 is 6.24. The van der Waals surface area contributed by atoms with Crippen LogP contribution in [0.25, 0.3) is 0 Å². The van der Waals surface area contributed by atoms with E-state index in [0.717, 1.165) is 32.5 Å². The van der Waals surface area contributed by atoms with Crippen molar-refractivity contribution in [1.29, 1.82) is 0 Å². The van der Waals surface area contributed by atoms with Gasteiger partial charge in [0.15, 0.2) is 0 Å². The molecule has 2 atom stereocenters. The molecule has 3 aromatic rings. The Bertz CT molecular complexity index is 762. The zero-order valence-electron chi connectivity index (χ0n) is 17.7. The number of nitrogens with zero attached hydrogens (tertiary/aromatic N) is 1. The Hall–Kier alpha value is -2.42. The summed E-state index contributed by atoms with van der Waals surface area (Å²) in [5, 5.41) is 0. The zero-order chi connectivity index (χ0) is 20.3. The van der Waals surface area contributed by atoms with Gasteiger partial charge in [-0.1, -0.05) is 97.9 Å². The van der Waals surface area contributed by atoms with E-state index in [-0.39, 0.29) is 6.10 Å². The highest BCUT2D eigenvalue weighted by Crippen LogP contribution is 2.22. The molecule has 3 rings (SSSR count). The molecule has 0 saturated heterocycles. The SMILES string of the molecule is CCO[C@H](CC)[C@H](Cc1ccccc1)N(Cc1ccccc1)Cc1ccccc1. The molecule has 0 saturated carbocycles. The van der Waals surface area contributed by atoms with E-state index in [0.29, 0.717) is 6.04 Å². The monoisotopic (exact) mass is 387 g/mol. The molecule has 0 amide bonds. The molecule has 0 bridgehead atoms. The molecule has 2 nitrogen and oxygen atoms in total. The molecule has 0 aliphatic rings. The first-order valence-corrected chi connectivity index (χ1v) is 10.8. The number of hydrogen-bond donors (Lipinski definition) is 0. The molecule has 0 heterocycles. The molecule has 0 N–H and O–H groups in total. The third-order valence-electron chi connectivity index (χ3n) is 5.43. The predicted octanol–water partition coefficient (Wildman–Crippen LogP) is 6.12. The van der Waals surface area contributed by atoms with Gasteiger partial charge in [0, 0.05) is 25.7 Å². The third-order valence-corrected chi connectivity index (χ3v) is 5.43. The van der Waals surface area contributed by atoms with Crippen molar-refractivity contribution >= 4 is 0 Å². The number of hydrogen-bond acceptors (Lipinski definition) is 2. The maximum absolute atomic E-state index is 6.24. The van der Waals surface area contributed by atoms with Crippen LogP contribution in [0.2, 0.25) is 0 Å². The highest BCUT2D eigenvalue weighted by Gasteiger charge is 2.27. The fourth-order valence-electron chi connectivity index (χ4n) is 3.99. The van der Waals surface area contributed by atoms with Crippen molar-refractivity contribution in [3.63, 3.8) is 0 Å². The van der Waals surface area contributed by atoms with Gasteiger partial charge < -0.3 is 4.74 Å². The van der Waals surface area contributed by atoms with Crippen molar-refractivity contribution in [2.45, 2.75) is 51.9 Å². The van der Waals surface area contributed by atoms with Gasteiger partial charge in [-0.05, 0) is 36.5 Å². The minimum Gasteiger partial charge on any atom is -0.377 e. The van der Waals surface area contributed by atoms with E-state index >= 15 is 0 Å². The second kappa shape index (κ2) is 11.5. The average molecular weight is 388 g/mol. The van der Waals surface area contributed by atoms with E-state index in [1.807, 2.05) is 0 Å². The molecule has 29 heavy (non-hydrogen) atoms. The molecule has 0 radical (unpaired) electrons. The maximum Gasteiger partial charge on any atom is 0.0730 e. The molecule has 0 aliphatic heterocycles. The summed E-state index contributed by atoms with van der Waals surface area (Å²) >= 11 is 0. The molecule has 0 unspecified atom stereocenters. The Labute approximate surface area is 176 Å². The predicted molar refractivity (Wildman–Crippen MR) is 122 cm³/mol. The van der Waals surface area contributed by atoms with Crippen LogP contribution in [-0.4, -0.2) is 23.7 Å². The van der Waals surface area contributed by atoms with Crippen molar-refractivity contribution < 1.29 is 4.74 Å². The van der Waals surface area contributed by atoms with Crippen molar-refractivity contribution in [3.05, 3.63) is 108 Å². The lowest BCUT2D eigenvalue weighted by Gasteiger charge is -2.37. The Morgan fingerprint density at radius 3 is 1.52 bits per heavy atom. The van der Waals surface area contributed by atoms with Crippen LogP contribution < -0.4 is 0 Å².